The van der Waals surface area contributed by atoms with Crippen molar-refractivity contribution in [3.63, 3.8) is 0 Å². The van der Waals surface area contributed by atoms with Gasteiger partial charge in [0.15, 0.2) is 17.2 Å². The minimum absolute atomic E-state index is 0.276. The first-order valence-corrected chi connectivity index (χ1v) is 8.15. The summed E-state index contributed by atoms with van der Waals surface area (Å²) in [6.07, 6.45) is 0. The predicted octanol–water partition coefficient (Wildman–Crippen LogP) is 4.44. The van der Waals surface area contributed by atoms with E-state index in [1.807, 2.05) is 24.3 Å². The van der Waals surface area contributed by atoms with Gasteiger partial charge in [0.1, 0.15) is 11.3 Å². The largest absolute Gasteiger partial charge is 0.504 e. The molecule has 0 bridgehead atoms. The van der Waals surface area contributed by atoms with Gasteiger partial charge in [-0.1, -0.05) is 28.1 Å². The topological polar surface area (TPSA) is 90.9 Å². The van der Waals surface area contributed by atoms with Crippen molar-refractivity contribution in [2.75, 3.05) is 0 Å². The van der Waals surface area contributed by atoms with Gasteiger partial charge in [0.05, 0.1) is 0 Å². The Morgan fingerprint density at radius 2 is 1.52 bits per heavy atom. The second kappa shape index (κ2) is 5.53. The molecule has 0 unspecified atom stereocenters. The minimum atomic E-state index is -0.555. The highest BCUT2D eigenvalue weighted by Crippen LogP contribution is 2.43. The summed E-state index contributed by atoms with van der Waals surface area (Å²) in [5.74, 6) is -0.717. The first-order valence-electron chi connectivity index (χ1n) is 7.35. The van der Waals surface area contributed by atoms with E-state index in [2.05, 4.69) is 15.9 Å². The maximum atomic E-state index is 11.8. The molecule has 3 N–H and O–H groups in total. The SMILES string of the molecule is O=c1cc2oc3cc(O)c(O)cc3c(-c3ccc(Br)cc3)c-2cc1O. The normalized spacial score (nSPS) is 11.2. The van der Waals surface area contributed by atoms with Gasteiger partial charge < -0.3 is 19.7 Å². The zero-order chi connectivity index (χ0) is 17.7. The van der Waals surface area contributed by atoms with Gasteiger partial charge in [-0.15, -0.1) is 0 Å². The van der Waals surface area contributed by atoms with Gasteiger partial charge in [0.25, 0.3) is 0 Å². The van der Waals surface area contributed by atoms with Crippen molar-refractivity contribution in [1.29, 1.82) is 0 Å². The summed E-state index contributed by atoms with van der Waals surface area (Å²) >= 11 is 3.39. The lowest BCUT2D eigenvalue weighted by Crippen LogP contribution is -2.01. The predicted molar refractivity (Wildman–Crippen MR) is 97.2 cm³/mol. The molecule has 25 heavy (non-hydrogen) atoms. The second-order valence-corrected chi connectivity index (χ2v) is 6.55. The molecular formula is C19H11BrO5. The molecular weight excluding hydrogens is 388 g/mol. The lowest BCUT2D eigenvalue weighted by atomic mass is 9.93. The molecule has 0 saturated carbocycles. The third-order valence-electron chi connectivity index (χ3n) is 4.03. The maximum Gasteiger partial charge on any atom is 0.223 e. The molecule has 0 aromatic heterocycles. The highest BCUT2D eigenvalue weighted by atomic mass is 79.9. The van der Waals surface area contributed by atoms with E-state index in [4.69, 9.17) is 4.42 Å². The molecule has 6 heteroatoms. The third-order valence-corrected chi connectivity index (χ3v) is 4.56. The van der Waals surface area contributed by atoms with Crippen molar-refractivity contribution in [2.45, 2.75) is 0 Å². The quantitative estimate of drug-likeness (QED) is 0.325. The van der Waals surface area contributed by atoms with E-state index in [0.29, 0.717) is 22.1 Å². The minimum Gasteiger partial charge on any atom is -0.504 e. The van der Waals surface area contributed by atoms with Gasteiger partial charge in [-0.25, -0.2) is 0 Å². The molecule has 0 saturated heterocycles. The summed E-state index contributed by atoms with van der Waals surface area (Å²) in [4.78, 5) is 11.8. The summed E-state index contributed by atoms with van der Waals surface area (Å²) in [6.45, 7) is 0. The molecule has 1 heterocycles. The molecule has 1 aliphatic heterocycles. The molecule has 2 aliphatic rings. The van der Waals surface area contributed by atoms with Crippen LogP contribution in [0.5, 0.6) is 17.2 Å². The zero-order valence-electron chi connectivity index (χ0n) is 12.7. The molecule has 1 aliphatic carbocycles. The molecule has 5 nitrogen and oxygen atoms in total. The first kappa shape index (κ1) is 15.5. The smallest absolute Gasteiger partial charge is 0.223 e. The van der Waals surface area contributed by atoms with Gasteiger partial charge in [0, 0.05) is 33.1 Å². The number of benzene rings is 3. The number of aromatic hydroxyl groups is 3. The van der Waals surface area contributed by atoms with Crippen LogP contribution in [0.15, 0.2) is 62.2 Å². The maximum absolute atomic E-state index is 11.8. The molecule has 0 radical (unpaired) electrons. The molecule has 2 aromatic carbocycles. The van der Waals surface area contributed by atoms with E-state index >= 15 is 0 Å². The highest BCUT2D eigenvalue weighted by Gasteiger charge is 2.20. The molecule has 0 fully saturated rings. The molecule has 4 rings (SSSR count). The van der Waals surface area contributed by atoms with Gasteiger partial charge in [-0.05, 0) is 29.8 Å². The second-order valence-electron chi connectivity index (χ2n) is 5.64. The van der Waals surface area contributed by atoms with Crippen LogP contribution >= 0.6 is 15.9 Å². The number of rotatable bonds is 1. The summed E-state index contributed by atoms with van der Waals surface area (Å²) in [6, 6.07) is 12.7. The van der Waals surface area contributed by atoms with Crippen molar-refractivity contribution in [3.05, 3.63) is 63.2 Å². The monoisotopic (exact) mass is 398 g/mol. The Bertz CT molecular complexity index is 1150. The van der Waals surface area contributed by atoms with Crippen LogP contribution in [-0.2, 0) is 0 Å². The summed E-state index contributed by atoms with van der Waals surface area (Å²) in [5, 5.41) is 30.1. The number of halogens is 1. The summed E-state index contributed by atoms with van der Waals surface area (Å²) in [7, 11) is 0. The fraction of sp³-hybridized carbons (Fsp3) is 0. The van der Waals surface area contributed by atoms with E-state index in [0.717, 1.165) is 10.0 Å². The van der Waals surface area contributed by atoms with E-state index in [9.17, 15) is 20.1 Å². The van der Waals surface area contributed by atoms with Crippen LogP contribution in [0.2, 0.25) is 0 Å². The van der Waals surface area contributed by atoms with Crippen molar-refractivity contribution in [2.24, 2.45) is 0 Å². The molecule has 0 atom stereocenters. The van der Waals surface area contributed by atoms with Crippen LogP contribution < -0.4 is 5.43 Å². The summed E-state index contributed by atoms with van der Waals surface area (Å²) in [5.41, 5.74) is 1.76. The Morgan fingerprint density at radius 3 is 2.24 bits per heavy atom. The van der Waals surface area contributed by atoms with E-state index in [1.54, 1.807) is 0 Å². The Balaban J connectivity index is 2.22. The number of phenolic OH excluding ortho intramolecular Hbond substituents is 3. The van der Waals surface area contributed by atoms with Gasteiger partial charge >= 0.3 is 0 Å². The van der Waals surface area contributed by atoms with E-state index in [1.165, 1.54) is 24.3 Å². The van der Waals surface area contributed by atoms with Crippen LogP contribution in [0.1, 0.15) is 0 Å². The van der Waals surface area contributed by atoms with Crippen LogP contribution in [0, 0.1) is 0 Å². The molecule has 2 aromatic rings. The zero-order valence-corrected chi connectivity index (χ0v) is 14.2. The van der Waals surface area contributed by atoms with Crippen LogP contribution in [0.3, 0.4) is 0 Å². The number of phenols is 3. The first-order chi connectivity index (χ1) is 11.9. The van der Waals surface area contributed by atoms with Crippen LogP contribution in [0.4, 0.5) is 0 Å². The summed E-state index contributed by atoms with van der Waals surface area (Å²) < 4.78 is 6.61. The van der Waals surface area contributed by atoms with Crippen molar-refractivity contribution >= 4 is 26.9 Å². The Labute approximate surface area is 149 Å². The molecule has 0 amide bonds. The van der Waals surface area contributed by atoms with E-state index < -0.39 is 5.43 Å². The van der Waals surface area contributed by atoms with Gasteiger partial charge in [-0.3, -0.25) is 4.79 Å². The van der Waals surface area contributed by atoms with Crippen molar-refractivity contribution in [1.82, 2.24) is 0 Å². The van der Waals surface area contributed by atoms with Crippen LogP contribution in [0.25, 0.3) is 33.4 Å². The Morgan fingerprint density at radius 1 is 0.840 bits per heavy atom. The number of hydrogen-bond donors (Lipinski definition) is 3. The van der Waals surface area contributed by atoms with E-state index in [-0.39, 0.29) is 23.0 Å². The lowest BCUT2D eigenvalue weighted by molar-refractivity contribution is 0.404. The fourth-order valence-electron chi connectivity index (χ4n) is 2.86. The highest BCUT2D eigenvalue weighted by molar-refractivity contribution is 9.10. The van der Waals surface area contributed by atoms with Gasteiger partial charge in [0.2, 0.25) is 5.43 Å². The van der Waals surface area contributed by atoms with Crippen molar-refractivity contribution in [3.8, 4) is 39.7 Å². The van der Waals surface area contributed by atoms with Crippen LogP contribution in [-0.4, -0.2) is 15.3 Å². The lowest BCUT2D eigenvalue weighted by Gasteiger charge is -2.16. The molecule has 0 spiro atoms. The van der Waals surface area contributed by atoms with Gasteiger partial charge in [-0.2, -0.15) is 0 Å². The Hall–Kier alpha value is -2.99. The third kappa shape index (κ3) is 2.51. The molecule has 124 valence electrons. The van der Waals surface area contributed by atoms with Crippen molar-refractivity contribution < 1.29 is 19.7 Å². The Kier molecular flexibility index (Phi) is 3.43. The average molecular weight is 399 g/mol. The standard InChI is InChI=1S/C19H11BrO5/c20-10-3-1-9(2-4-10)19-11-5-13(21)15(23)7-17(11)25-18-8-16(24)14(22)6-12(18)19/h1-8,21-23H. The fourth-order valence-corrected chi connectivity index (χ4v) is 3.12. The average Bonchev–Trinajstić information content (AvgIpc) is 2.57. The number of hydrogen-bond acceptors (Lipinski definition) is 5. The number of fused-ring (bicyclic) bond motifs is 2.